The molecule has 0 saturated heterocycles. The maximum absolute atomic E-state index is 13.3. The fraction of sp³-hybridized carbons (Fsp3) is 1.00. The van der Waals surface area contributed by atoms with Crippen LogP contribution in [0.1, 0.15) is 12.8 Å². The molecule has 0 aromatic heterocycles. The lowest BCUT2D eigenvalue weighted by Crippen LogP contribution is -2.59. The molecule has 0 aromatic carbocycles. The van der Waals surface area contributed by atoms with E-state index in [1.165, 1.54) is 0 Å². The molecule has 1 N–H and O–H groups in total. The van der Waals surface area contributed by atoms with E-state index < -0.39 is 49.7 Å². The second-order valence-corrected chi connectivity index (χ2v) is 3.74. The van der Waals surface area contributed by atoms with Crippen molar-refractivity contribution in [1.29, 1.82) is 0 Å². The predicted molar refractivity (Wildman–Crippen MR) is 43.2 cm³/mol. The van der Waals surface area contributed by atoms with Crippen molar-refractivity contribution in [3.05, 3.63) is 0 Å². The van der Waals surface area contributed by atoms with Crippen LogP contribution in [0.15, 0.2) is 0 Å². The van der Waals surface area contributed by atoms with Crippen molar-refractivity contribution >= 4 is 0 Å². The Hall–Kier alpha value is -0.850. The smallest absolute Gasteiger partial charge is 0.396 e. The molecule has 0 radical (unpaired) electrons. The zero-order valence-corrected chi connectivity index (χ0v) is 9.63. The maximum Gasteiger partial charge on any atom is 0.462 e. The van der Waals surface area contributed by atoms with Crippen LogP contribution < -0.4 is 0 Å². The van der Waals surface area contributed by atoms with Crippen molar-refractivity contribution in [2.24, 2.45) is 0 Å². The molecule has 0 amide bonds. The van der Waals surface area contributed by atoms with Gasteiger partial charge in [-0.15, -0.1) is 0 Å². The van der Waals surface area contributed by atoms with Gasteiger partial charge in [0.25, 0.3) is 0 Å². The first-order chi connectivity index (χ1) is 9.02. The molecule has 21 heavy (non-hydrogen) atoms. The number of alkyl halides is 11. The lowest BCUT2D eigenvalue weighted by atomic mass is 10.1. The standard InChI is InChI=1S/C8H7F11O2/c9-4(2-1-3-20,6(12,13)14)21-8(18,19)5(10,11)7(15,16)17/h20H,1-3H2/t4-/m1/s1. The number of hydrogen-bond acceptors (Lipinski definition) is 2. The second kappa shape index (κ2) is 5.74. The molecule has 0 saturated carbocycles. The van der Waals surface area contributed by atoms with Crippen LogP contribution in [-0.4, -0.2) is 42.0 Å². The Morgan fingerprint density at radius 2 is 1.14 bits per heavy atom. The topological polar surface area (TPSA) is 29.5 Å². The summed E-state index contributed by atoms with van der Waals surface area (Å²) in [5.74, 6) is -12.5. The zero-order chi connectivity index (χ0) is 17.3. The fourth-order valence-electron chi connectivity index (χ4n) is 0.989. The molecule has 13 heteroatoms. The number of rotatable bonds is 6. The maximum atomic E-state index is 13.3. The molecule has 2 nitrogen and oxygen atoms in total. The summed E-state index contributed by atoms with van der Waals surface area (Å²) in [6.45, 7) is -1.17. The van der Waals surface area contributed by atoms with Gasteiger partial charge < -0.3 is 5.11 Å². The van der Waals surface area contributed by atoms with Crippen LogP contribution in [0.5, 0.6) is 0 Å². The van der Waals surface area contributed by atoms with Gasteiger partial charge in [-0.3, -0.25) is 4.74 Å². The summed E-state index contributed by atoms with van der Waals surface area (Å²) < 4.78 is 137. The SMILES string of the molecule is OCCC[C@@](F)(OC(F)(F)C(F)(F)C(F)(F)F)C(F)(F)F. The summed E-state index contributed by atoms with van der Waals surface area (Å²) >= 11 is 0. The third-order valence-electron chi connectivity index (χ3n) is 2.09. The molecule has 0 aliphatic heterocycles. The molecular weight excluding hydrogens is 337 g/mol. The van der Waals surface area contributed by atoms with Gasteiger partial charge in [0.1, 0.15) is 0 Å². The molecule has 0 spiro atoms. The van der Waals surface area contributed by atoms with Gasteiger partial charge in [0.15, 0.2) is 0 Å². The predicted octanol–water partition coefficient (Wildman–Crippen LogP) is 3.79. The molecule has 0 unspecified atom stereocenters. The van der Waals surface area contributed by atoms with E-state index in [1.54, 1.807) is 0 Å². The fourth-order valence-corrected chi connectivity index (χ4v) is 0.989. The van der Waals surface area contributed by atoms with Gasteiger partial charge in [-0.05, 0) is 6.42 Å². The Morgan fingerprint density at radius 3 is 1.43 bits per heavy atom. The summed E-state index contributed by atoms with van der Waals surface area (Å²) in [4.78, 5) is 0. The molecule has 0 rings (SSSR count). The molecule has 0 aliphatic rings. The number of aliphatic hydroxyl groups excluding tert-OH is 1. The van der Waals surface area contributed by atoms with Gasteiger partial charge in [0.2, 0.25) is 0 Å². The second-order valence-electron chi connectivity index (χ2n) is 3.74. The van der Waals surface area contributed by atoms with E-state index in [0.717, 1.165) is 0 Å². The van der Waals surface area contributed by atoms with Gasteiger partial charge in [0.05, 0.1) is 0 Å². The Morgan fingerprint density at radius 1 is 0.714 bits per heavy atom. The normalized spacial score (nSPS) is 17.7. The minimum absolute atomic E-state index is 1.17. The first kappa shape index (κ1) is 20.1. The molecule has 0 fully saturated rings. The highest BCUT2D eigenvalue weighted by molar-refractivity contribution is 4.89. The van der Waals surface area contributed by atoms with Crippen LogP contribution in [0.3, 0.4) is 0 Å². The van der Waals surface area contributed by atoms with E-state index in [1.807, 2.05) is 0 Å². The first-order valence-corrected chi connectivity index (χ1v) is 4.91. The quantitative estimate of drug-likeness (QED) is 0.743. The Bertz CT molecular complexity index is 347. The zero-order valence-electron chi connectivity index (χ0n) is 9.63. The minimum Gasteiger partial charge on any atom is -0.396 e. The summed E-state index contributed by atoms with van der Waals surface area (Å²) in [7, 11) is 0. The van der Waals surface area contributed by atoms with Crippen molar-refractivity contribution in [1.82, 2.24) is 0 Å². The van der Waals surface area contributed by atoms with Crippen molar-refractivity contribution in [2.75, 3.05) is 6.61 Å². The number of hydrogen-bond donors (Lipinski definition) is 1. The van der Waals surface area contributed by atoms with E-state index in [0.29, 0.717) is 0 Å². The molecule has 0 heterocycles. The summed E-state index contributed by atoms with van der Waals surface area (Å²) in [5.41, 5.74) is 0. The Kier molecular flexibility index (Phi) is 5.51. The average molecular weight is 344 g/mol. The van der Waals surface area contributed by atoms with E-state index in [-0.39, 0.29) is 0 Å². The van der Waals surface area contributed by atoms with Gasteiger partial charge in [-0.2, -0.15) is 43.9 Å². The summed E-state index contributed by atoms with van der Waals surface area (Å²) in [6, 6.07) is 0. The van der Waals surface area contributed by atoms with E-state index in [4.69, 9.17) is 5.11 Å². The van der Waals surface area contributed by atoms with Crippen LogP contribution in [0, 0.1) is 0 Å². The largest absolute Gasteiger partial charge is 0.462 e. The van der Waals surface area contributed by atoms with E-state index in [2.05, 4.69) is 4.74 Å². The van der Waals surface area contributed by atoms with Crippen LogP contribution >= 0.6 is 0 Å². The van der Waals surface area contributed by atoms with Crippen LogP contribution in [-0.2, 0) is 4.74 Å². The lowest BCUT2D eigenvalue weighted by Gasteiger charge is -2.35. The summed E-state index contributed by atoms with van der Waals surface area (Å²) in [5, 5.41) is 8.18. The van der Waals surface area contributed by atoms with Crippen LogP contribution in [0.2, 0.25) is 0 Å². The van der Waals surface area contributed by atoms with Gasteiger partial charge in [-0.1, -0.05) is 0 Å². The number of ether oxygens (including phenoxy) is 1. The van der Waals surface area contributed by atoms with Crippen LogP contribution in [0.25, 0.3) is 0 Å². The van der Waals surface area contributed by atoms with Gasteiger partial charge in [0, 0.05) is 13.0 Å². The third-order valence-corrected chi connectivity index (χ3v) is 2.09. The average Bonchev–Trinajstić information content (AvgIpc) is 2.22. The van der Waals surface area contributed by atoms with E-state index in [9.17, 15) is 48.3 Å². The molecule has 0 bridgehead atoms. The van der Waals surface area contributed by atoms with Crippen molar-refractivity contribution in [3.8, 4) is 0 Å². The highest BCUT2D eigenvalue weighted by Gasteiger charge is 2.78. The van der Waals surface area contributed by atoms with Crippen molar-refractivity contribution in [3.63, 3.8) is 0 Å². The molecule has 0 aliphatic carbocycles. The molecule has 128 valence electrons. The lowest BCUT2D eigenvalue weighted by molar-refractivity contribution is -0.483. The van der Waals surface area contributed by atoms with Crippen molar-refractivity contribution < 1.29 is 58.1 Å². The van der Waals surface area contributed by atoms with Crippen molar-refractivity contribution in [2.45, 2.75) is 43.1 Å². The minimum atomic E-state index is -7.05. The van der Waals surface area contributed by atoms with Gasteiger partial charge >= 0.3 is 30.2 Å². The summed E-state index contributed by atoms with van der Waals surface area (Å²) in [6.07, 6.45) is -23.4. The Balaban J connectivity index is 5.53. The number of aliphatic hydroxyl groups is 1. The third kappa shape index (κ3) is 4.08. The monoisotopic (exact) mass is 344 g/mol. The Labute approximate surface area is 109 Å². The molecule has 0 aromatic rings. The highest BCUT2D eigenvalue weighted by atomic mass is 19.4. The highest BCUT2D eigenvalue weighted by Crippen LogP contribution is 2.51. The first-order valence-electron chi connectivity index (χ1n) is 4.91. The number of halogens is 11. The van der Waals surface area contributed by atoms with E-state index >= 15 is 0 Å². The van der Waals surface area contributed by atoms with Crippen LogP contribution in [0.4, 0.5) is 48.3 Å². The van der Waals surface area contributed by atoms with Gasteiger partial charge in [-0.25, -0.2) is 4.39 Å². The molecular formula is C8H7F11O2. The molecule has 1 atom stereocenters.